The van der Waals surface area contributed by atoms with Gasteiger partial charge in [0.1, 0.15) is 11.4 Å². The Bertz CT molecular complexity index is 539. The molecule has 20 heavy (non-hydrogen) atoms. The van der Waals surface area contributed by atoms with Gasteiger partial charge in [0, 0.05) is 18.5 Å². The van der Waals surface area contributed by atoms with Crippen molar-refractivity contribution in [1.82, 2.24) is 4.98 Å². The van der Waals surface area contributed by atoms with Crippen LogP contribution in [0.1, 0.15) is 39.8 Å². The summed E-state index contributed by atoms with van der Waals surface area (Å²) in [6.07, 6.45) is 0.838. The summed E-state index contributed by atoms with van der Waals surface area (Å²) in [5.74, 6) is -0.454. The van der Waals surface area contributed by atoms with Gasteiger partial charge in [-0.1, -0.05) is 0 Å². The topological polar surface area (TPSA) is 55.1 Å². The maximum atomic E-state index is 14.0. The van der Waals surface area contributed by atoms with Gasteiger partial charge in [-0.2, -0.15) is 5.26 Å². The number of aryl methyl sites for hydroxylation is 1. The average molecular weight is 276 g/mol. The zero-order valence-corrected chi connectivity index (χ0v) is 12.2. The second-order valence-corrected chi connectivity index (χ2v) is 5.92. The van der Waals surface area contributed by atoms with Crippen LogP contribution in [0, 0.1) is 17.1 Å². The van der Waals surface area contributed by atoms with Crippen LogP contribution >= 0.6 is 0 Å². The predicted molar refractivity (Wildman–Crippen MR) is 73.8 cm³/mol. The van der Waals surface area contributed by atoms with Gasteiger partial charge in [-0.25, -0.2) is 4.39 Å². The Morgan fingerprint density at radius 1 is 1.25 bits per heavy atom. The molecule has 0 aliphatic carbocycles. The Kier molecular flexibility index (Phi) is 3.85. The smallest absolute Gasteiger partial charge is 0.398 e. The molecule has 2 heterocycles. The van der Waals surface area contributed by atoms with Gasteiger partial charge in [0.05, 0.1) is 17.3 Å². The first-order valence-electron chi connectivity index (χ1n) is 6.65. The van der Waals surface area contributed by atoms with E-state index in [0.717, 1.165) is 0 Å². The van der Waals surface area contributed by atoms with Gasteiger partial charge in [0.15, 0.2) is 0 Å². The zero-order valence-electron chi connectivity index (χ0n) is 12.2. The van der Waals surface area contributed by atoms with Crippen molar-refractivity contribution < 1.29 is 13.7 Å². The Morgan fingerprint density at radius 3 is 2.40 bits per heavy atom. The molecule has 1 saturated heterocycles. The average Bonchev–Trinajstić information content (AvgIpc) is 2.57. The lowest BCUT2D eigenvalue weighted by molar-refractivity contribution is 0.00578. The summed E-state index contributed by atoms with van der Waals surface area (Å²) in [6, 6.07) is 4.98. The molecular weight excluding hydrogens is 258 g/mol. The molecule has 0 amide bonds. The minimum absolute atomic E-state index is 0.152. The molecule has 0 saturated carbocycles. The van der Waals surface area contributed by atoms with E-state index in [2.05, 4.69) is 4.98 Å². The van der Waals surface area contributed by atoms with Gasteiger partial charge in [0.25, 0.3) is 0 Å². The molecule has 4 nitrogen and oxygen atoms in total. The Labute approximate surface area is 119 Å². The molecule has 1 aliphatic rings. The Morgan fingerprint density at radius 2 is 1.85 bits per heavy atom. The number of nitrogens with zero attached hydrogens (tertiary/aromatic N) is 2. The maximum absolute atomic E-state index is 14.0. The number of rotatable bonds is 3. The van der Waals surface area contributed by atoms with Crippen LogP contribution in [0.4, 0.5) is 4.39 Å². The van der Waals surface area contributed by atoms with Gasteiger partial charge in [-0.3, -0.25) is 4.98 Å². The third kappa shape index (κ3) is 2.69. The van der Waals surface area contributed by atoms with Crippen molar-refractivity contribution in [3.63, 3.8) is 0 Å². The largest absolute Gasteiger partial charge is 0.517 e. The quantitative estimate of drug-likeness (QED) is 0.792. The second kappa shape index (κ2) is 5.15. The SMILES string of the molecule is CC1(C)OB(c2nc(CCC#N)ccc2F)OC1(C)C. The Balaban J connectivity index is 2.28. The zero-order chi connectivity index (χ0) is 15.0. The molecule has 0 atom stereocenters. The first-order valence-corrected chi connectivity index (χ1v) is 6.65. The van der Waals surface area contributed by atoms with E-state index in [-0.39, 0.29) is 5.59 Å². The van der Waals surface area contributed by atoms with Crippen molar-refractivity contribution in [3.8, 4) is 6.07 Å². The van der Waals surface area contributed by atoms with Crippen LogP contribution in [0.3, 0.4) is 0 Å². The van der Waals surface area contributed by atoms with Gasteiger partial charge in [0.2, 0.25) is 0 Å². The van der Waals surface area contributed by atoms with Crippen molar-refractivity contribution in [3.05, 3.63) is 23.6 Å². The summed E-state index contributed by atoms with van der Waals surface area (Å²) in [7, 11) is -0.818. The van der Waals surface area contributed by atoms with E-state index in [1.807, 2.05) is 33.8 Å². The van der Waals surface area contributed by atoms with E-state index in [0.29, 0.717) is 18.5 Å². The molecule has 1 aromatic heterocycles. The monoisotopic (exact) mass is 276 g/mol. The lowest BCUT2D eigenvalue weighted by Gasteiger charge is -2.32. The summed E-state index contributed by atoms with van der Waals surface area (Å²) >= 11 is 0. The van der Waals surface area contributed by atoms with E-state index >= 15 is 0 Å². The predicted octanol–water partition coefficient (Wildman–Crippen LogP) is 1.98. The van der Waals surface area contributed by atoms with Gasteiger partial charge in [-0.05, 0) is 39.8 Å². The third-order valence-electron chi connectivity index (χ3n) is 3.90. The Hall–Kier alpha value is -1.45. The molecule has 0 radical (unpaired) electrons. The third-order valence-corrected chi connectivity index (χ3v) is 3.90. The standard InChI is InChI=1S/C14H18BFN2O2/c1-13(2)14(3,4)20-15(19-13)12-11(16)8-7-10(18-12)6-5-9-17/h7-8H,5-6H2,1-4H3. The fraction of sp³-hybridized carbons (Fsp3) is 0.571. The molecule has 0 spiro atoms. The number of halogens is 1. The minimum Gasteiger partial charge on any atom is -0.398 e. The van der Waals surface area contributed by atoms with Gasteiger partial charge < -0.3 is 9.31 Å². The normalized spacial score (nSPS) is 19.9. The molecule has 1 aromatic rings. The van der Waals surface area contributed by atoms with Crippen molar-refractivity contribution in [1.29, 1.82) is 5.26 Å². The van der Waals surface area contributed by atoms with E-state index < -0.39 is 24.1 Å². The van der Waals surface area contributed by atoms with Crippen LogP contribution in [0.15, 0.2) is 12.1 Å². The number of hydrogen-bond donors (Lipinski definition) is 0. The second-order valence-electron chi connectivity index (χ2n) is 5.92. The summed E-state index contributed by atoms with van der Waals surface area (Å²) in [5, 5.41) is 8.60. The number of pyridine rings is 1. The van der Waals surface area contributed by atoms with E-state index in [9.17, 15) is 4.39 Å². The number of hydrogen-bond acceptors (Lipinski definition) is 4. The highest BCUT2D eigenvalue weighted by atomic mass is 19.1. The first kappa shape index (κ1) is 15.0. The van der Waals surface area contributed by atoms with Gasteiger partial charge in [-0.15, -0.1) is 0 Å². The molecule has 1 aliphatic heterocycles. The van der Waals surface area contributed by atoms with Crippen molar-refractivity contribution in [2.75, 3.05) is 0 Å². The summed E-state index contributed by atoms with van der Waals surface area (Å²) < 4.78 is 25.6. The number of nitriles is 1. The molecule has 0 N–H and O–H groups in total. The van der Waals surface area contributed by atoms with Crippen molar-refractivity contribution in [2.24, 2.45) is 0 Å². The maximum Gasteiger partial charge on any atom is 0.517 e. The fourth-order valence-electron chi connectivity index (χ4n) is 1.94. The van der Waals surface area contributed by atoms with Crippen LogP contribution in [0.2, 0.25) is 0 Å². The summed E-state index contributed by atoms with van der Waals surface area (Å²) in [6.45, 7) is 7.63. The molecule has 0 unspecified atom stereocenters. The molecule has 6 heteroatoms. The fourth-order valence-corrected chi connectivity index (χ4v) is 1.94. The van der Waals surface area contributed by atoms with Crippen molar-refractivity contribution >= 4 is 12.7 Å². The van der Waals surface area contributed by atoms with Crippen LogP contribution in [-0.2, 0) is 15.7 Å². The molecular formula is C14H18BFN2O2. The molecule has 1 fully saturated rings. The highest BCUT2D eigenvalue weighted by Crippen LogP contribution is 2.36. The van der Waals surface area contributed by atoms with Crippen LogP contribution < -0.4 is 5.59 Å². The minimum atomic E-state index is -0.818. The summed E-state index contributed by atoms with van der Waals surface area (Å²) in [4.78, 5) is 4.25. The first-order chi connectivity index (χ1) is 9.27. The number of aromatic nitrogens is 1. The highest BCUT2D eigenvalue weighted by Gasteiger charge is 2.53. The summed E-state index contributed by atoms with van der Waals surface area (Å²) in [5.41, 5.74) is -0.250. The molecule has 2 rings (SSSR count). The van der Waals surface area contributed by atoms with Crippen LogP contribution in [-0.4, -0.2) is 23.3 Å². The highest BCUT2D eigenvalue weighted by molar-refractivity contribution is 6.61. The lowest BCUT2D eigenvalue weighted by Crippen LogP contribution is -2.41. The molecule has 106 valence electrons. The van der Waals surface area contributed by atoms with E-state index in [4.69, 9.17) is 14.6 Å². The molecule has 0 bridgehead atoms. The van der Waals surface area contributed by atoms with Crippen molar-refractivity contribution in [2.45, 2.75) is 51.7 Å². The van der Waals surface area contributed by atoms with Gasteiger partial charge >= 0.3 is 7.12 Å². The van der Waals surface area contributed by atoms with E-state index in [1.165, 1.54) is 6.07 Å². The van der Waals surface area contributed by atoms with E-state index in [1.54, 1.807) is 6.07 Å². The molecule has 0 aromatic carbocycles. The van der Waals surface area contributed by atoms with Crippen LogP contribution in [0.25, 0.3) is 0 Å². The lowest BCUT2D eigenvalue weighted by atomic mass is 9.83. The van der Waals surface area contributed by atoms with Crippen LogP contribution in [0.5, 0.6) is 0 Å².